The van der Waals surface area contributed by atoms with Gasteiger partial charge in [-0.1, -0.05) is 258 Å². The predicted octanol–water partition coefficient (Wildman–Crippen LogP) is 22.5. The van der Waals surface area contributed by atoms with Gasteiger partial charge in [-0.15, -0.1) is 0 Å². The Hall–Kier alpha value is -10.5. The number of hydrogen-bond acceptors (Lipinski definition) is 0. The van der Waals surface area contributed by atoms with E-state index in [0.29, 0.717) is 0 Å². The third kappa shape index (κ3) is 7.33. The highest BCUT2D eigenvalue weighted by Crippen LogP contribution is 2.56. The molecule has 15 aromatic rings. The summed E-state index contributed by atoms with van der Waals surface area (Å²) in [7, 11) is 0. The maximum Gasteiger partial charge on any atom is 0.0619 e. The van der Waals surface area contributed by atoms with Crippen molar-refractivity contribution in [1.82, 2.24) is 9.13 Å². The predicted molar refractivity (Wildman–Crippen MR) is 363 cm³/mol. The Balaban J connectivity index is 1.12. The Bertz CT molecular complexity index is 4710. The van der Waals surface area contributed by atoms with E-state index in [1.54, 1.807) is 0 Å². The minimum Gasteiger partial charge on any atom is -0.309 e. The van der Waals surface area contributed by atoms with Crippen molar-refractivity contribution in [2.24, 2.45) is 0 Å². The van der Waals surface area contributed by atoms with Crippen molar-refractivity contribution >= 4 is 43.4 Å². The molecular weight excluding hydrogens is 1040 g/mol. The van der Waals surface area contributed by atoms with Crippen LogP contribution in [0.2, 0.25) is 0 Å². The lowest BCUT2D eigenvalue weighted by Gasteiger charge is -2.24. The minimum absolute atomic E-state index is 0.224. The molecule has 17 rings (SSSR count). The summed E-state index contributed by atoms with van der Waals surface area (Å²) in [6, 6.07) is 110. The van der Waals surface area contributed by atoms with Gasteiger partial charge in [-0.25, -0.2) is 0 Å². The Morgan fingerprint density at radius 1 is 0.221 bits per heavy atom. The van der Waals surface area contributed by atoms with Crippen molar-refractivity contribution in [3.8, 4) is 101 Å². The molecule has 0 fully saturated rings. The molecule has 2 aliphatic rings. The summed E-state index contributed by atoms with van der Waals surface area (Å²) in [6.45, 7) is 9.64. The van der Waals surface area contributed by atoms with Gasteiger partial charge in [0.2, 0.25) is 0 Å². The molecule has 0 aliphatic heterocycles. The van der Waals surface area contributed by atoms with Crippen molar-refractivity contribution in [3.05, 3.63) is 313 Å². The van der Waals surface area contributed by atoms with Crippen LogP contribution in [0.1, 0.15) is 49.9 Å². The van der Waals surface area contributed by atoms with Gasteiger partial charge in [0.05, 0.1) is 22.4 Å². The minimum atomic E-state index is -0.224. The molecule has 2 heterocycles. The first-order valence-corrected chi connectivity index (χ1v) is 30.2. The normalized spacial score (nSPS) is 13.5. The van der Waals surface area contributed by atoms with Crippen LogP contribution >= 0.6 is 0 Å². The molecule has 0 unspecified atom stereocenters. The number of fused-ring (bicyclic) bond motifs is 10. The Kier molecular flexibility index (Phi) is 11.0. The smallest absolute Gasteiger partial charge is 0.0619 e. The van der Waals surface area contributed by atoms with Crippen LogP contribution in [-0.4, -0.2) is 9.13 Å². The van der Waals surface area contributed by atoms with E-state index >= 15 is 0 Å². The van der Waals surface area contributed by atoms with E-state index in [9.17, 15) is 0 Å². The Morgan fingerprint density at radius 2 is 0.523 bits per heavy atom. The van der Waals surface area contributed by atoms with Gasteiger partial charge in [-0.3, -0.25) is 0 Å². The number of rotatable bonds is 8. The van der Waals surface area contributed by atoms with Crippen LogP contribution in [0.5, 0.6) is 0 Å². The monoisotopic (exact) mass is 1100 g/mol. The standard InChI is InChI=1S/C84H60N2/c1-83(2)71-41-25-23-39-61(71)63-45-43-57(47-73(63)83)77-65-49-69-76(86(60-37-21-10-22-38-60)81(55-31-15-7-16-32-55)79(69)53-27-11-5-12-28-53)52-68(65)78(58-44-46-64-62-40-24-26-42-72(62)84(3,4)74(64)48-58)66-50-70-75(51-67(66)77)85(59-35-19-9-20-36-59)82(56-33-17-8-18-34-56)80(70)54-29-13-6-14-30-54/h5-52H,1-4H3. The molecule has 0 N–H and O–H groups in total. The molecule has 406 valence electrons. The van der Waals surface area contributed by atoms with E-state index in [-0.39, 0.29) is 10.8 Å². The molecular formula is C84H60N2. The number of hydrogen-bond donors (Lipinski definition) is 0. The van der Waals surface area contributed by atoms with Crippen molar-refractivity contribution in [1.29, 1.82) is 0 Å². The van der Waals surface area contributed by atoms with Crippen LogP contribution in [0.15, 0.2) is 291 Å². The molecule has 0 saturated heterocycles. The number of nitrogens with zero attached hydrogens (tertiary/aromatic N) is 2. The highest BCUT2D eigenvalue weighted by atomic mass is 15.0. The van der Waals surface area contributed by atoms with Crippen molar-refractivity contribution in [2.45, 2.75) is 38.5 Å². The lowest BCUT2D eigenvalue weighted by Crippen LogP contribution is -2.15. The molecule has 0 bridgehead atoms. The average Bonchev–Trinajstić information content (AvgIpc) is 1.45. The van der Waals surface area contributed by atoms with Crippen LogP contribution in [0.25, 0.3) is 144 Å². The Morgan fingerprint density at radius 3 is 0.895 bits per heavy atom. The molecule has 0 radical (unpaired) electrons. The van der Waals surface area contributed by atoms with Gasteiger partial charge in [-0.2, -0.15) is 0 Å². The summed E-state index contributed by atoms with van der Waals surface area (Å²) in [5.74, 6) is 0. The van der Waals surface area contributed by atoms with Crippen molar-refractivity contribution in [3.63, 3.8) is 0 Å². The highest BCUT2D eigenvalue weighted by molar-refractivity contribution is 6.28. The third-order valence-electron chi connectivity index (χ3n) is 19.3. The molecule has 2 heteroatoms. The summed E-state index contributed by atoms with van der Waals surface area (Å²) in [4.78, 5) is 0. The van der Waals surface area contributed by atoms with Gasteiger partial charge in [-0.05, 0) is 171 Å². The quantitative estimate of drug-likeness (QED) is 0.134. The zero-order chi connectivity index (χ0) is 57.4. The number of para-hydroxylation sites is 2. The van der Waals surface area contributed by atoms with Crippen LogP contribution in [-0.2, 0) is 10.8 Å². The van der Waals surface area contributed by atoms with E-state index in [4.69, 9.17) is 0 Å². The fourth-order valence-electron chi connectivity index (χ4n) is 15.3. The molecule has 0 saturated carbocycles. The second-order valence-electron chi connectivity index (χ2n) is 24.7. The van der Waals surface area contributed by atoms with E-state index < -0.39 is 0 Å². The van der Waals surface area contributed by atoms with Crippen molar-refractivity contribution < 1.29 is 0 Å². The van der Waals surface area contributed by atoms with Gasteiger partial charge in [0, 0.05) is 44.1 Å². The molecule has 13 aromatic carbocycles. The fourth-order valence-corrected chi connectivity index (χ4v) is 15.3. The SMILES string of the molecule is CC1(C)c2ccccc2-c2ccc(-c3c4cc5c(-c6ccccc6)c(-c6ccccc6)n(-c6ccccc6)c5cc4c(-c4ccc5c(c4)C(C)(C)c4ccccc4-5)c4cc5c(-c6ccccc6)c(-c6ccccc6)n(-c6ccccc6)c5cc34)cc21. The maximum atomic E-state index is 2.59. The zero-order valence-corrected chi connectivity index (χ0v) is 48.6. The van der Waals surface area contributed by atoms with Crippen LogP contribution in [0.3, 0.4) is 0 Å². The first kappa shape index (κ1) is 50.0. The fraction of sp³-hybridized carbons (Fsp3) is 0.0714. The summed E-state index contributed by atoms with van der Waals surface area (Å²) in [5.41, 5.74) is 29.0. The summed E-state index contributed by atoms with van der Waals surface area (Å²) < 4.78 is 5.08. The Labute approximate surface area is 502 Å². The van der Waals surface area contributed by atoms with Crippen molar-refractivity contribution in [2.75, 3.05) is 0 Å². The molecule has 2 aliphatic carbocycles. The maximum absolute atomic E-state index is 2.59. The lowest BCUT2D eigenvalue weighted by atomic mass is 9.79. The van der Waals surface area contributed by atoms with E-state index in [0.717, 1.165) is 33.5 Å². The molecule has 0 spiro atoms. The summed E-state index contributed by atoms with van der Waals surface area (Å²) in [5, 5.41) is 7.23. The zero-order valence-electron chi connectivity index (χ0n) is 48.6. The van der Waals surface area contributed by atoms with Gasteiger partial charge in [0.1, 0.15) is 0 Å². The molecule has 2 aromatic heterocycles. The topological polar surface area (TPSA) is 9.86 Å². The summed E-state index contributed by atoms with van der Waals surface area (Å²) >= 11 is 0. The lowest BCUT2D eigenvalue weighted by molar-refractivity contribution is 0.660. The molecule has 0 amide bonds. The van der Waals surface area contributed by atoms with E-state index in [2.05, 4.69) is 328 Å². The van der Waals surface area contributed by atoms with E-state index in [1.807, 2.05) is 0 Å². The highest BCUT2D eigenvalue weighted by Gasteiger charge is 2.38. The van der Waals surface area contributed by atoms with E-state index in [1.165, 1.54) is 133 Å². The molecule has 86 heavy (non-hydrogen) atoms. The first-order valence-electron chi connectivity index (χ1n) is 30.2. The largest absolute Gasteiger partial charge is 0.309 e. The molecule has 0 atom stereocenters. The van der Waals surface area contributed by atoms with Crippen LogP contribution < -0.4 is 0 Å². The van der Waals surface area contributed by atoms with Gasteiger partial charge in [0.15, 0.2) is 0 Å². The van der Waals surface area contributed by atoms with Crippen LogP contribution in [0.4, 0.5) is 0 Å². The molecule has 2 nitrogen and oxygen atoms in total. The second kappa shape index (κ2) is 19.0. The number of benzene rings is 13. The first-order chi connectivity index (χ1) is 42.2. The van der Waals surface area contributed by atoms with Gasteiger partial charge in [0.25, 0.3) is 0 Å². The summed E-state index contributed by atoms with van der Waals surface area (Å²) in [6.07, 6.45) is 0. The second-order valence-corrected chi connectivity index (χ2v) is 24.7. The number of aromatic nitrogens is 2. The van der Waals surface area contributed by atoms with Gasteiger partial charge < -0.3 is 9.13 Å². The third-order valence-corrected chi connectivity index (χ3v) is 19.3. The average molecular weight is 1100 g/mol. The van der Waals surface area contributed by atoms with Gasteiger partial charge >= 0.3 is 0 Å². The van der Waals surface area contributed by atoms with Crippen LogP contribution in [0, 0.1) is 0 Å².